The van der Waals surface area contributed by atoms with Crippen LogP contribution in [0.1, 0.15) is 0 Å². The summed E-state index contributed by atoms with van der Waals surface area (Å²) in [5.74, 6) is 3.48. The maximum Gasteiger partial charge on any atom is 0.260 e. The van der Waals surface area contributed by atoms with Gasteiger partial charge in [-0.1, -0.05) is 60.7 Å². The van der Waals surface area contributed by atoms with Crippen LogP contribution in [0.2, 0.25) is 0 Å². The predicted octanol–water partition coefficient (Wildman–Crippen LogP) is 4.63. The molecule has 144 valence electrons. The lowest BCUT2D eigenvalue weighted by Crippen LogP contribution is -2.57. The lowest BCUT2D eigenvalue weighted by atomic mass is 9.34. The van der Waals surface area contributed by atoms with Gasteiger partial charge in [0.1, 0.15) is 23.0 Å². The monoisotopic (exact) mass is 397 g/mol. The van der Waals surface area contributed by atoms with E-state index in [1.54, 1.807) is 0 Å². The Kier molecular flexibility index (Phi) is 3.36. The summed E-state index contributed by atoms with van der Waals surface area (Å²) < 4.78 is 12.7. The normalized spacial score (nSPS) is 13.0. The quantitative estimate of drug-likeness (QED) is 0.379. The van der Waals surface area contributed by atoms with Crippen LogP contribution in [0.5, 0.6) is 23.0 Å². The van der Waals surface area contributed by atoms with E-state index in [-0.39, 0.29) is 6.71 Å². The van der Waals surface area contributed by atoms with Gasteiger partial charge in [0.2, 0.25) is 0 Å². The fourth-order valence-electron chi connectivity index (χ4n) is 4.82. The van der Waals surface area contributed by atoms with Crippen LogP contribution < -0.4 is 25.9 Å². The highest BCUT2D eigenvalue weighted by molar-refractivity contribution is 6.98. The molecule has 0 bridgehead atoms. The Morgan fingerprint density at radius 1 is 0.581 bits per heavy atom. The highest BCUT2D eigenvalue weighted by Gasteiger charge is 2.40. The average molecular weight is 397 g/mol. The second kappa shape index (κ2) is 6.23. The van der Waals surface area contributed by atoms with Crippen molar-refractivity contribution in [2.75, 3.05) is 0 Å². The molecule has 0 saturated heterocycles. The molecule has 3 heterocycles. The van der Waals surface area contributed by atoms with Gasteiger partial charge in [0.05, 0.1) is 11.2 Å². The van der Waals surface area contributed by atoms with Gasteiger partial charge in [0, 0.05) is 16.4 Å². The first-order valence-corrected chi connectivity index (χ1v) is 10.4. The Morgan fingerprint density at radius 3 is 2.29 bits per heavy atom. The van der Waals surface area contributed by atoms with Crippen LogP contribution in [0.25, 0.3) is 22.2 Å². The van der Waals surface area contributed by atoms with E-state index in [0.717, 1.165) is 61.5 Å². The molecular formula is C27H16BNO2. The van der Waals surface area contributed by atoms with E-state index in [1.807, 2.05) is 48.5 Å². The molecule has 7 rings (SSSR count). The zero-order valence-corrected chi connectivity index (χ0v) is 16.6. The van der Waals surface area contributed by atoms with Crippen LogP contribution in [0.4, 0.5) is 0 Å². The first-order chi connectivity index (χ1) is 15.4. The van der Waals surface area contributed by atoms with E-state index in [1.165, 1.54) is 0 Å². The smallest absolute Gasteiger partial charge is 0.260 e. The maximum absolute atomic E-state index is 6.52. The summed E-state index contributed by atoms with van der Waals surface area (Å²) in [5.41, 5.74) is 6.29. The summed E-state index contributed by atoms with van der Waals surface area (Å²) in [5, 5.41) is 1.13. The number of para-hydroxylation sites is 3. The van der Waals surface area contributed by atoms with Crippen LogP contribution in [-0.4, -0.2) is 11.7 Å². The lowest BCUT2D eigenvalue weighted by molar-refractivity contribution is 0.465. The van der Waals surface area contributed by atoms with Crippen molar-refractivity contribution >= 4 is 34.0 Å². The summed E-state index contributed by atoms with van der Waals surface area (Å²) in [6.45, 7) is 0.0697. The number of pyridine rings is 1. The van der Waals surface area contributed by atoms with Crippen molar-refractivity contribution in [3.8, 4) is 34.3 Å². The minimum absolute atomic E-state index is 0.0697. The molecule has 31 heavy (non-hydrogen) atoms. The number of rotatable bonds is 1. The van der Waals surface area contributed by atoms with Gasteiger partial charge in [-0.3, -0.25) is 0 Å². The number of ether oxygens (including phenoxy) is 2. The van der Waals surface area contributed by atoms with Crippen molar-refractivity contribution in [3.63, 3.8) is 0 Å². The summed E-state index contributed by atoms with van der Waals surface area (Å²) in [7, 11) is 0. The summed E-state index contributed by atoms with van der Waals surface area (Å²) in [4.78, 5) is 4.93. The van der Waals surface area contributed by atoms with Crippen molar-refractivity contribution in [2.45, 2.75) is 0 Å². The molecule has 0 amide bonds. The number of benzene rings is 4. The number of nitrogens with zero attached hydrogens (tertiary/aromatic N) is 1. The highest BCUT2D eigenvalue weighted by atomic mass is 16.5. The number of aromatic nitrogens is 1. The first kappa shape index (κ1) is 16.7. The summed E-state index contributed by atoms with van der Waals surface area (Å²) >= 11 is 0. The number of hydrogen-bond acceptors (Lipinski definition) is 3. The molecule has 1 aromatic heterocycles. The topological polar surface area (TPSA) is 31.4 Å². The van der Waals surface area contributed by atoms with E-state index in [2.05, 4.69) is 48.5 Å². The molecule has 0 N–H and O–H groups in total. The van der Waals surface area contributed by atoms with E-state index >= 15 is 0 Å². The fourth-order valence-corrected chi connectivity index (χ4v) is 4.82. The van der Waals surface area contributed by atoms with Gasteiger partial charge in [0.15, 0.2) is 0 Å². The standard InChI is InChI=1S/C27H16BNO2/c1-3-11-21-17(7-1)15-16-22(29-21)18-8-5-10-20-27(18)31-25-14-6-13-24-26(25)28(20)19-9-2-4-12-23(19)30-24/h1-16H. The van der Waals surface area contributed by atoms with E-state index in [4.69, 9.17) is 14.5 Å². The summed E-state index contributed by atoms with van der Waals surface area (Å²) in [6.07, 6.45) is 0. The Labute approximate surface area is 180 Å². The van der Waals surface area contributed by atoms with Crippen molar-refractivity contribution in [3.05, 3.63) is 97.1 Å². The molecule has 4 aromatic carbocycles. The molecule has 0 fully saturated rings. The molecule has 0 radical (unpaired) electrons. The van der Waals surface area contributed by atoms with Crippen LogP contribution in [0.3, 0.4) is 0 Å². The SMILES string of the molecule is c1ccc2c(c1)Oc1cccc3c1B2c1cccc(-c2ccc4ccccc4n2)c1O3. The Morgan fingerprint density at radius 2 is 1.32 bits per heavy atom. The average Bonchev–Trinajstić information content (AvgIpc) is 2.83. The van der Waals surface area contributed by atoms with Gasteiger partial charge >= 0.3 is 0 Å². The minimum atomic E-state index is 0.0697. The molecule has 0 saturated carbocycles. The Bertz CT molecular complexity index is 1510. The molecular weight excluding hydrogens is 381 g/mol. The van der Waals surface area contributed by atoms with Gasteiger partial charge in [0.25, 0.3) is 6.71 Å². The molecule has 0 spiro atoms. The van der Waals surface area contributed by atoms with Gasteiger partial charge in [-0.15, -0.1) is 0 Å². The van der Waals surface area contributed by atoms with E-state index in [0.29, 0.717) is 0 Å². The number of hydrogen-bond donors (Lipinski definition) is 0. The van der Waals surface area contributed by atoms with Crippen molar-refractivity contribution < 1.29 is 9.47 Å². The minimum Gasteiger partial charge on any atom is -0.458 e. The van der Waals surface area contributed by atoms with Crippen LogP contribution in [0.15, 0.2) is 97.1 Å². The third-order valence-electron chi connectivity index (χ3n) is 6.21. The lowest BCUT2D eigenvalue weighted by Gasteiger charge is -2.33. The van der Waals surface area contributed by atoms with E-state index < -0.39 is 0 Å². The van der Waals surface area contributed by atoms with Crippen LogP contribution in [-0.2, 0) is 0 Å². The van der Waals surface area contributed by atoms with Gasteiger partial charge in [-0.25, -0.2) is 4.98 Å². The van der Waals surface area contributed by atoms with Crippen molar-refractivity contribution in [2.24, 2.45) is 0 Å². The Balaban J connectivity index is 1.49. The molecule has 2 aliphatic heterocycles. The fraction of sp³-hybridized carbons (Fsp3) is 0. The highest BCUT2D eigenvalue weighted by Crippen LogP contribution is 2.38. The van der Waals surface area contributed by atoms with Gasteiger partial charge in [-0.05, 0) is 47.3 Å². The molecule has 4 heteroatoms. The Hall–Kier alpha value is -4.05. The van der Waals surface area contributed by atoms with Crippen molar-refractivity contribution in [1.82, 2.24) is 4.98 Å². The molecule has 0 unspecified atom stereocenters. The summed E-state index contributed by atoms with van der Waals surface area (Å²) in [6, 6.07) is 33.0. The molecule has 0 atom stereocenters. The second-order valence-corrected chi connectivity index (χ2v) is 7.96. The third-order valence-corrected chi connectivity index (χ3v) is 6.21. The van der Waals surface area contributed by atoms with Crippen molar-refractivity contribution in [1.29, 1.82) is 0 Å². The number of fused-ring (bicyclic) bond motifs is 5. The molecule has 0 aliphatic carbocycles. The molecule has 5 aromatic rings. The van der Waals surface area contributed by atoms with Crippen LogP contribution in [0, 0.1) is 0 Å². The van der Waals surface area contributed by atoms with Crippen LogP contribution >= 0.6 is 0 Å². The molecule has 2 aliphatic rings. The van der Waals surface area contributed by atoms with Gasteiger partial charge in [-0.2, -0.15) is 0 Å². The zero-order chi connectivity index (χ0) is 20.4. The van der Waals surface area contributed by atoms with E-state index in [9.17, 15) is 0 Å². The van der Waals surface area contributed by atoms with Gasteiger partial charge < -0.3 is 9.47 Å². The maximum atomic E-state index is 6.52. The largest absolute Gasteiger partial charge is 0.458 e. The predicted molar refractivity (Wildman–Crippen MR) is 125 cm³/mol. The second-order valence-electron chi connectivity index (χ2n) is 7.96. The zero-order valence-electron chi connectivity index (χ0n) is 16.6. The first-order valence-electron chi connectivity index (χ1n) is 10.4. The molecule has 3 nitrogen and oxygen atoms in total. The third kappa shape index (κ3) is 2.39.